The number of nitrogens with zero attached hydrogens (tertiary/aromatic N) is 2. The maximum atomic E-state index is 12.8. The summed E-state index contributed by atoms with van der Waals surface area (Å²) in [5, 5.41) is 11.9. The molecule has 8 nitrogen and oxygen atoms in total. The second kappa shape index (κ2) is 10.5. The highest BCUT2D eigenvalue weighted by Gasteiger charge is 2.20. The first-order valence-corrected chi connectivity index (χ1v) is 9.45. The topological polar surface area (TPSA) is 105 Å². The number of carbonyl (C=O) groups is 2. The molecular weight excluding hydrogens is 398 g/mol. The Morgan fingerprint density at radius 2 is 1.81 bits per heavy atom. The van der Waals surface area contributed by atoms with Crippen LogP contribution < -0.4 is 14.8 Å². The third-order valence-corrected chi connectivity index (χ3v) is 4.35. The van der Waals surface area contributed by atoms with Crippen molar-refractivity contribution in [3.8, 4) is 17.6 Å². The number of ether oxygens (including phenoxy) is 2. The van der Waals surface area contributed by atoms with Crippen LogP contribution in [0.4, 0.5) is 5.69 Å². The lowest BCUT2D eigenvalue weighted by molar-refractivity contribution is -0.137. The molecule has 3 aromatic rings. The summed E-state index contributed by atoms with van der Waals surface area (Å²) < 4.78 is 16.1. The van der Waals surface area contributed by atoms with Crippen molar-refractivity contribution < 1.29 is 23.5 Å². The summed E-state index contributed by atoms with van der Waals surface area (Å²) in [5.74, 6) is 0.503. The molecule has 8 heteroatoms. The first-order valence-electron chi connectivity index (χ1n) is 9.45. The Morgan fingerprint density at radius 3 is 2.52 bits per heavy atom. The van der Waals surface area contributed by atoms with Crippen molar-refractivity contribution in [1.29, 1.82) is 5.26 Å². The van der Waals surface area contributed by atoms with Crippen LogP contribution in [0.5, 0.6) is 11.5 Å². The van der Waals surface area contributed by atoms with Crippen LogP contribution in [-0.4, -0.2) is 37.0 Å². The van der Waals surface area contributed by atoms with Gasteiger partial charge in [0.1, 0.15) is 29.9 Å². The molecular formula is C23H21N3O5. The van der Waals surface area contributed by atoms with Gasteiger partial charge in [0.05, 0.1) is 31.2 Å². The number of carbonyl (C=O) groups excluding carboxylic acids is 2. The Labute approximate surface area is 179 Å². The van der Waals surface area contributed by atoms with E-state index in [1.165, 1.54) is 18.3 Å². The van der Waals surface area contributed by atoms with Crippen LogP contribution in [0, 0.1) is 11.3 Å². The van der Waals surface area contributed by atoms with E-state index >= 15 is 0 Å². The van der Waals surface area contributed by atoms with Gasteiger partial charge < -0.3 is 24.1 Å². The number of furan rings is 1. The molecule has 3 rings (SSSR count). The van der Waals surface area contributed by atoms with Gasteiger partial charge in [0.25, 0.3) is 5.91 Å². The Hall–Kier alpha value is -4.25. The van der Waals surface area contributed by atoms with Gasteiger partial charge in [-0.15, -0.1) is 0 Å². The lowest BCUT2D eigenvalue weighted by Gasteiger charge is -2.22. The molecule has 0 unspecified atom stereocenters. The summed E-state index contributed by atoms with van der Waals surface area (Å²) in [5.41, 5.74) is 0.821. The minimum absolute atomic E-state index is 0.0917. The number of anilines is 1. The van der Waals surface area contributed by atoms with E-state index in [9.17, 15) is 9.59 Å². The van der Waals surface area contributed by atoms with Crippen molar-refractivity contribution in [2.45, 2.75) is 6.54 Å². The Morgan fingerprint density at radius 1 is 1.06 bits per heavy atom. The lowest BCUT2D eigenvalue weighted by atomic mass is 10.2. The zero-order valence-corrected chi connectivity index (χ0v) is 16.9. The van der Waals surface area contributed by atoms with Crippen LogP contribution >= 0.6 is 0 Å². The number of hydrogen-bond donors (Lipinski definition) is 1. The smallest absolute Gasteiger partial charge is 0.261 e. The third kappa shape index (κ3) is 5.87. The van der Waals surface area contributed by atoms with Crippen LogP contribution in [0.25, 0.3) is 0 Å². The quantitative estimate of drug-likeness (QED) is 0.571. The number of para-hydroxylation sites is 3. The van der Waals surface area contributed by atoms with Crippen LogP contribution in [0.3, 0.4) is 0 Å². The maximum absolute atomic E-state index is 12.8. The van der Waals surface area contributed by atoms with Crippen molar-refractivity contribution in [3.63, 3.8) is 0 Å². The maximum Gasteiger partial charge on any atom is 0.261 e. The largest absolute Gasteiger partial charge is 0.495 e. The number of nitrogens with one attached hydrogen (secondary N) is 1. The summed E-state index contributed by atoms with van der Waals surface area (Å²) >= 11 is 0. The van der Waals surface area contributed by atoms with Gasteiger partial charge in [0, 0.05) is 0 Å². The summed E-state index contributed by atoms with van der Waals surface area (Å²) in [6.07, 6.45) is 1.49. The van der Waals surface area contributed by atoms with Crippen molar-refractivity contribution in [1.82, 2.24) is 4.90 Å². The first kappa shape index (κ1) is 21.5. The Bertz CT molecular complexity index is 1070. The van der Waals surface area contributed by atoms with Gasteiger partial charge in [0.2, 0.25) is 5.91 Å². The van der Waals surface area contributed by atoms with E-state index in [1.807, 2.05) is 6.07 Å². The van der Waals surface area contributed by atoms with Gasteiger partial charge in [0.15, 0.2) is 6.61 Å². The van der Waals surface area contributed by atoms with Gasteiger partial charge >= 0.3 is 0 Å². The Balaban J connectivity index is 1.69. The average molecular weight is 419 g/mol. The fourth-order valence-corrected chi connectivity index (χ4v) is 2.85. The second-order valence-corrected chi connectivity index (χ2v) is 6.47. The highest BCUT2D eigenvalue weighted by atomic mass is 16.5. The van der Waals surface area contributed by atoms with Crippen LogP contribution in [-0.2, 0) is 16.1 Å². The molecule has 0 fully saturated rings. The van der Waals surface area contributed by atoms with Crippen molar-refractivity contribution in [2.75, 3.05) is 25.6 Å². The molecule has 0 radical (unpaired) electrons. The first-order chi connectivity index (χ1) is 15.1. The van der Waals surface area contributed by atoms with Gasteiger partial charge in [-0.3, -0.25) is 9.59 Å². The van der Waals surface area contributed by atoms with Crippen molar-refractivity contribution >= 4 is 17.5 Å². The number of amides is 2. The fraction of sp³-hybridized carbons (Fsp3) is 0.174. The molecule has 0 bridgehead atoms. The standard InChI is InChI=1S/C23H21N3O5/c1-29-21-11-5-3-9-19(21)25-22(27)15-26(14-18-8-6-12-30-18)23(28)16-31-20-10-4-2-7-17(20)13-24/h2-12H,14-16H2,1H3,(H,25,27). The fourth-order valence-electron chi connectivity index (χ4n) is 2.85. The molecule has 2 aromatic carbocycles. The zero-order valence-electron chi connectivity index (χ0n) is 16.9. The van der Waals surface area contributed by atoms with E-state index in [-0.39, 0.29) is 19.7 Å². The highest BCUT2D eigenvalue weighted by molar-refractivity contribution is 5.95. The van der Waals surface area contributed by atoms with Crippen LogP contribution in [0.1, 0.15) is 11.3 Å². The number of benzene rings is 2. The molecule has 0 aliphatic heterocycles. The molecule has 0 atom stereocenters. The molecule has 1 N–H and O–H groups in total. The van der Waals surface area contributed by atoms with E-state index in [4.69, 9.17) is 19.2 Å². The predicted molar refractivity (Wildman–Crippen MR) is 112 cm³/mol. The molecule has 1 aromatic heterocycles. The van der Waals surface area contributed by atoms with E-state index in [0.29, 0.717) is 28.5 Å². The van der Waals surface area contributed by atoms with E-state index in [2.05, 4.69) is 5.32 Å². The van der Waals surface area contributed by atoms with Crippen molar-refractivity contribution in [3.05, 3.63) is 78.3 Å². The summed E-state index contributed by atoms with van der Waals surface area (Å²) in [4.78, 5) is 26.8. The molecule has 1 heterocycles. The zero-order chi connectivity index (χ0) is 22.1. The summed E-state index contributed by atoms with van der Waals surface area (Å²) in [6, 6.07) is 19.0. The number of rotatable bonds is 9. The van der Waals surface area contributed by atoms with Crippen LogP contribution in [0.2, 0.25) is 0 Å². The minimum atomic E-state index is -0.431. The number of hydrogen-bond acceptors (Lipinski definition) is 6. The third-order valence-electron chi connectivity index (χ3n) is 4.35. The summed E-state index contributed by atoms with van der Waals surface area (Å²) in [7, 11) is 1.51. The van der Waals surface area contributed by atoms with E-state index in [0.717, 1.165) is 0 Å². The monoisotopic (exact) mass is 419 g/mol. The molecule has 0 saturated carbocycles. The lowest BCUT2D eigenvalue weighted by Crippen LogP contribution is -2.40. The summed E-state index contributed by atoms with van der Waals surface area (Å²) in [6.45, 7) is -0.462. The van der Waals surface area contributed by atoms with Gasteiger partial charge in [-0.2, -0.15) is 5.26 Å². The molecule has 158 valence electrons. The Kier molecular flexibility index (Phi) is 7.27. The molecule has 2 amide bonds. The number of methoxy groups -OCH3 is 1. The molecule has 0 spiro atoms. The number of nitriles is 1. The van der Waals surface area contributed by atoms with Gasteiger partial charge in [-0.25, -0.2) is 0 Å². The molecule has 0 aliphatic carbocycles. The predicted octanol–water partition coefficient (Wildman–Crippen LogP) is 3.21. The van der Waals surface area contributed by atoms with Gasteiger partial charge in [-0.1, -0.05) is 24.3 Å². The van der Waals surface area contributed by atoms with E-state index in [1.54, 1.807) is 60.7 Å². The normalized spacial score (nSPS) is 10.1. The molecule has 31 heavy (non-hydrogen) atoms. The van der Waals surface area contributed by atoms with Crippen molar-refractivity contribution in [2.24, 2.45) is 0 Å². The highest BCUT2D eigenvalue weighted by Crippen LogP contribution is 2.23. The minimum Gasteiger partial charge on any atom is -0.495 e. The van der Waals surface area contributed by atoms with Gasteiger partial charge in [-0.05, 0) is 36.4 Å². The van der Waals surface area contributed by atoms with Crippen LogP contribution in [0.15, 0.2) is 71.3 Å². The SMILES string of the molecule is COc1ccccc1NC(=O)CN(Cc1ccco1)C(=O)COc1ccccc1C#N. The van der Waals surface area contributed by atoms with E-state index < -0.39 is 11.8 Å². The average Bonchev–Trinajstić information content (AvgIpc) is 3.30. The molecule has 0 saturated heterocycles. The second-order valence-electron chi connectivity index (χ2n) is 6.47. The molecule has 0 aliphatic rings.